The summed E-state index contributed by atoms with van der Waals surface area (Å²) < 4.78 is 41.6. The Morgan fingerprint density at radius 2 is 1.95 bits per heavy atom. The van der Waals surface area contributed by atoms with Crippen molar-refractivity contribution in [3.63, 3.8) is 0 Å². The standard InChI is InChI=1S/C15H20F3NO/c1-10-2-4-11(5-3-10)9-19-12-6-7-14(13(16)8-12)20-15(17)18/h6-8,10-11,15,19H,2-5,9H2,1H3. The van der Waals surface area contributed by atoms with Gasteiger partial charge in [0.15, 0.2) is 11.6 Å². The lowest BCUT2D eigenvalue weighted by Gasteiger charge is -2.26. The molecule has 20 heavy (non-hydrogen) atoms. The van der Waals surface area contributed by atoms with Crippen LogP contribution in [0, 0.1) is 17.7 Å². The first-order valence-corrected chi connectivity index (χ1v) is 7.03. The maximum atomic E-state index is 13.5. The van der Waals surface area contributed by atoms with Gasteiger partial charge in [0.25, 0.3) is 0 Å². The molecule has 0 aliphatic heterocycles. The molecule has 2 nitrogen and oxygen atoms in total. The molecule has 0 amide bonds. The highest BCUT2D eigenvalue weighted by molar-refractivity contribution is 5.47. The molecule has 1 aliphatic carbocycles. The van der Waals surface area contributed by atoms with E-state index in [1.165, 1.54) is 37.8 Å². The first-order chi connectivity index (χ1) is 9.54. The van der Waals surface area contributed by atoms with Crippen LogP contribution in [0.1, 0.15) is 32.6 Å². The van der Waals surface area contributed by atoms with Gasteiger partial charge in [-0.2, -0.15) is 8.78 Å². The number of alkyl halides is 2. The summed E-state index contributed by atoms with van der Waals surface area (Å²) in [5.74, 6) is 0.213. The minimum Gasteiger partial charge on any atom is -0.432 e. The lowest BCUT2D eigenvalue weighted by Crippen LogP contribution is -2.20. The molecule has 0 unspecified atom stereocenters. The summed E-state index contributed by atoms with van der Waals surface area (Å²) in [6.45, 7) is 0.0506. The van der Waals surface area contributed by atoms with Crippen LogP contribution in [0.25, 0.3) is 0 Å². The molecule has 1 saturated carbocycles. The highest BCUT2D eigenvalue weighted by Crippen LogP contribution is 2.29. The largest absolute Gasteiger partial charge is 0.432 e. The Balaban J connectivity index is 1.85. The molecule has 1 aliphatic rings. The molecule has 1 N–H and O–H groups in total. The summed E-state index contributed by atoms with van der Waals surface area (Å²) in [5, 5.41) is 3.17. The van der Waals surface area contributed by atoms with Gasteiger partial charge >= 0.3 is 6.61 Å². The molecule has 5 heteroatoms. The van der Waals surface area contributed by atoms with E-state index >= 15 is 0 Å². The number of anilines is 1. The molecule has 1 fully saturated rings. The molecule has 0 atom stereocenters. The number of hydrogen-bond donors (Lipinski definition) is 1. The fraction of sp³-hybridized carbons (Fsp3) is 0.600. The van der Waals surface area contributed by atoms with Crippen LogP contribution in [-0.4, -0.2) is 13.2 Å². The van der Waals surface area contributed by atoms with Crippen molar-refractivity contribution in [3.05, 3.63) is 24.0 Å². The lowest BCUT2D eigenvalue weighted by molar-refractivity contribution is -0.0521. The fourth-order valence-electron chi connectivity index (χ4n) is 2.60. The van der Waals surface area contributed by atoms with Gasteiger partial charge in [0.05, 0.1) is 0 Å². The van der Waals surface area contributed by atoms with E-state index in [1.54, 1.807) is 6.07 Å². The smallest absolute Gasteiger partial charge is 0.387 e. The van der Waals surface area contributed by atoms with Crippen LogP contribution in [-0.2, 0) is 0 Å². The van der Waals surface area contributed by atoms with Gasteiger partial charge in [0.1, 0.15) is 0 Å². The molecule has 1 aromatic rings. The second kappa shape index (κ2) is 6.86. The second-order valence-electron chi connectivity index (χ2n) is 5.53. The third-order valence-corrected chi connectivity index (χ3v) is 3.88. The zero-order chi connectivity index (χ0) is 14.5. The highest BCUT2D eigenvalue weighted by atomic mass is 19.3. The van der Waals surface area contributed by atoms with Crippen LogP contribution in [0.15, 0.2) is 18.2 Å². The van der Waals surface area contributed by atoms with E-state index in [0.29, 0.717) is 11.6 Å². The maximum absolute atomic E-state index is 13.5. The number of ether oxygens (including phenoxy) is 1. The van der Waals surface area contributed by atoms with Crippen LogP contribution < -0.4 is 10.1 Å². The molecule has 0 radical (unpaired) electrons. The number of nitrogens with one attached hydrogen (secondary N) is 1. The Bertz CT molecular complexity index is 431. The predicted octanol–water partition coefficient (Wildman–Crippen LogP) is 4.67. The molecule has 0 heterocycles. The average Bonchev–Trinajstić information content (AvgIpc) is 2.40. The van der Waals surface area contributed by atoms with Gasteiger partial charge in [0.2, 0.25) is 0 Å². The number of rotatable bonds is 5. The van der Waals surface area contributed by atoms with Crippen molar-refractivity contribution < 1.29 is 17.9 Å². The molecule has 112 valence electrons. The summed E-state index contributed by atoms with van der Waals surface area (Å²) in [7, 11) is 0. The van der Waals surface area contributed by atoms with E-state index in [9.17, 15) is 13.2 Å². The minimum absolute atomic E-state index is 0.419. The van der Waals surface area contributed by atoms with Crippen molar-refractivity contribution in [2.45, 2.75) is 39.2 Å². The second-order valence-corrected chi connectivity index (χ2v) is 5.53. The zero-order valence-electron chi connectivity index (χ0n) is 11.5. The fourth-order valence-corrected chi connectivity index (χ4v) is 2.60. The van der Waals surface area contributed by atoms with E-state index in [1.807, 2.05) is 0 Å². The first kappa shape index (κ1) is 15.0. The van der Waals surface area contributed by atoms with E-state index in [4.69, 9.17) is 0 Å². The summed E-state index contributed by atoms with van der Waals surface area (Å²) in [6, 6.07) is 3.99. The van der Waals surface area contributed by atoms with E-state index in [-0.39, 0.29) is 0 Å². The molecular formula is C15H20F3NO. The topological polar surface area (TPSA) is 21.3 Å². The number of halogens is 3. The molecule has 0 saturated heterocycles. The SMILES string of the molecule is CC1CCC(CNc2ccc(OC(F)F)c(F)c2)CC1. The van der Waals surface area contributed by atoms with Crippen molar-refractivity contribution in [1.82, 2.24) is 0 Å². The van der Waals surface area contributed by atoms with E-state index < -0.39 is 18.2 Å². The Morgan fingerprint density at radius 3 is 2.55 bits per heavy atom. The van der Waals surface area contributed by atoms with Gasteiger partial charge in [0, 0.05) is 18.3 Å². The van der Waals surface area contributed by atoms with Crippen LogP contribution in [0.4, 0.5) is 18.9 Å². The van der Waals surface area contributed by atoms with Gasteiger partial charge in [-0.05, 0) is 36.8 Å². The quantitative estimate of drug-likeness (QED) is 0.850. The third-order valence-electron chi connectivity index (χ3n) is 3.88. The Hall–Kier alpha value is -1.39. The van der Waals surface area contributed by atoms with Gasteiger partial charge in [-0.3, -0.25) is 0 Å². The monoisotopic (exact) mass is 287 g/mol. The highest BCUT2D eigenvalue weighted by Gasteiger charge is 2.18. The summed E-state index contributed by atoms with van der Waals surface area (Å²) >= 11 is 0. The van der Waals surface area contributed by atoms with Crippen molar-refractivity contribution in [1.29, 1.82) is 0 Å². The molecular weight excluding hydrogens is 267 g/mol. The third kappa shape index (κ3) is 4.32. The Morgan fingerprint density at radius 1 is 1.25 bits per heavy atom. The Kier molecular flexibility index (Phi) is 5.15. The Labute approximate surface area is 117 Å². The first-order valence-electron chi connectivity index (χ1n) is 7.03. The van der Waals surface area contributed by atoms with Crippen LogP contribution in [0.3, 0.4) is 0 Å². The molecule has 0 aromatic heterocycles. The van der Waals surface area contributed by atoms with Crippen molar-refractivity contribution in [2.24, 2.45) is 11.8 Å². The van der Waals surface area contributed by atoms with Gasteiger partial charge in [-0.15, -0.1) is 0 Å². The molecule has 2 rings (SSSR count). The zero-order valence-corrected chi connectivity index (χ0v) is 11.5. The van der Waals surface area contributed by atoms with Crippen LogP contribution >= 0.6 is 0 Å². The molecule has 0 spiro atoms. The van der Waals surface area contributed by atoms with Gasteiger partial charge in [-0.25, -0.2) is 4.39 Å². The predicted molar refractivity (Wildman–Crippen MR) is 72.6 cm³/mol. The number of hydrogen-bond acceptors (Lipinski definition) is 2. The average molecular weight is 287 g/mol. The minimum atomic E-state index is -3.01. The summed E-state index contributed by atoms with van der Waals surface area (Å²) in [4.78, 5) is 0. The summed E-state index contributed by atoms with van der Waals surface area (Å²) in [6.07, 6.45) is 4.84. The van der Waals surface area contributed by atoms with Crippen molar-refractivity contribution in [2.75, 3.05) is 11.9 Å². The lowest BCUT2D eigenvalue weighted by atomic mass is 9.83. The van der Waals surface area contributed by atoms with Crippen molar-refractivity contribution in [3.8, 4) is 5.75 Å². The maximum Gasteiger partial charge on any atom is 0.387 e. The van der Waals surface area contributed by atoms with Gasteiger partial charge < -0.3 is 10.1 Å². The van der Waals surface area contributed by atoms with E-state index in [0.717, 1.165) is 12.5 Å². The van der Waals surface area contributed by atoms with Crippen LogP contribution in [0.5, 0.6) is 5.75 Å². The van der Waals surface area contributed by atoms with Crippen molar-refractivity contribution >= 4 is 5.69 Å². The molecule has 1 aromatic carbocycles. The normalized spacial score (nSPS) is 22.9. The summed E-state index contributed by atoms with van der Waals surface area (Å²) in [5.41, 5.74) is 0.600. The van der Waals surface area contributed by atoms with Crippen LogP contribution in [0.2, 0.25) is 0 Å². The number of benzene rings is 1. The van der Waals surface area contributed by atoms with Gasteiger partial charge in [-0.1, -0.05) is 19.8 Å². The van der Waals surface area contributed by atoms with E-state index in [2.05, 4.69) is 17.0 Å². The molecule has 0 bridgehead atoms.